The van der Waals surface area contributed by atoms with Gasteiger partial charge in [-0.25, -0.2) is 9.31 Å². The number of amides is 2. The average molecular weight is 452 g/mol. The van der Waals surface area contributed by atoms with Crippen LogP contribution in [0.25, 0.3) is 11.2 Å². The van der Waals surface area contributed by atoms with E-state index in [0.717, 1.165) is 5.69 Å². The molecule has 2 amide bonds. The predicted octanol–water partition coefficient (Wildman–Crippen LogP) is 2.99. The SMILES string of the molecule is COC(=O)N1CC(c2cnn(-c3ccc(Cl)c(NC(=O)c4cnn5ccccc45)c3)n2)C1. The molecular formula is C21H18ClN7O3. The summed E-state index contributed by atoms with van der Waals surface area (Å²) in [6.07, 6.45) is 4.61. The molecule has 162 valence electrons. The van der Waals surface area contributed by atoms with Crippen LogP contribution in [0.1, 0.15) is 22.0 Å². The zero-order valence-corrected chi connectivity index (χ0v) is 17.7. The molecule has 1 aliphatic heterocycles. The number of nitrogens with one attached hydrogen (secondary N) is 1. The van der Waals surface area contributed by atoms with E-state index in [2.05, 4.69) is 20.6 Å². The number of ether oxygens (including phenoxy) is 1. The molecule has 0 radical (unpaired) electrons. The number of fused-ring (bicyclic) bond motifs is 1. The van der Waals surface area contributed by atoms with Crippen molar-refractivity contribution in [3.63, 3.8) is 0 Å². The Labute approximate surface area is 187 Å². The van der Waals surface area contributed by atoms with Crippen LogP contribution in [0, 0.1) is 0 Å². The van der Waals surface area contributed by atoms with Crippen molar-refractivity contribution >= 4 is 34.8 Å². The van der Waals surface area contributed by atoms with Crippen molar-refractivity contribution in [2.24, 2.45) is 0 Å². The Morgan fingerprint density at radius 3 is 2.81 bits per heavy atom. The van der Waals surface area contributed by atoms with E-state index in [1.807, 2.05) is 18.2 Å². The molecule has 4 aromatic rings. The van der Waals surface area contributed by atoms with Gasteiger partial charge in [0.2, 0.25) is 0 Å². The van der Waals surface area contributed by atoms with Gasteiger partial charge in [0.1, 0.15) is 0 Å². The van der Waals surface area contributed by atoms with Gasteiger partial charge in [-0.3, -0.25) is 4.79 Å². The van der Waals surface area contributed by atoms with Gasteiger partial charge in [-0.15, -0.1) is 0 Å². The molecule has 0 saturated carbocycles. The highest BCUT2D eigenvalue weighted by Gasteiger charge is 2.34. The molecule has 1 fully saturated rings. The lowest BCUT2D eigenvalue weighted by molar-refractivity contribution is 0.0871. The fourth-order valence-corrected chi connectivity index (χ4v) is 3.73. The quantitative estimate of drug-likeness (QED) is 0.511. The molecule has 1 saturated heterocycles. The Kier molecular flexibility index (Phi) is 4.98. The molecule has 5 rings (SSSR count). The van der Waals surface area contributed by atoms with Crippen LogP contribution < -0.4 is 5.32 Å². The molecule has 1 aromatic carbocycles. The van der Waals surface area contributed by atoms with Crippen LogP contribution in [-0.4, -0.2) is 61.7 Å². The van der Waals surface area contributed by atoms with Gasteiger partial charge in [0.15, 0.2) is 0 Å². The zero-order valence-electron chi connectivity index (χ0n) is 17.0. The molecule has 0 spiro atoms. The molecule has 4 heterocycles. The zero-order chi connectivity index (χ0) is 22.2. The summed E-state index contributed by atoms with van der Waals surface area (Å²) >= 11 is 6.32. The molecule has 32 heavy (non-hydrogen) atoms. The van der Waals surface area contributed by atoms with E-state index in [1.54, 1.807) is 40.0 Å². The lowest BCUT2D eigenvalue weighted by atomic mass is 9.98. The van der Waals surface area contributed by atoms with Crippen molar-refractivity contribution in [3.05, 3.63) is 71.3 Å². The van der Waals surface area contributed by atoms with Crippen LogP contribution in [0.5, 0.6) is 0 Å². The third-order valence-corrected chi connectivity index (χ3v) is 5.67. The van der Waals surface area contributed by atoms with Crippen LogP contribution in [0.2, 0.25) is 5.02 Å². The number of pyridine rings is 1. The maximum Gasteiger partial charge on any atom is 0.409 e. The van der Waals surface area contributed by atoms with E-state index in [1.165, 1.54) is 18.1 Å². The van der Waals surface area contributed by atoms with Gasteiger partial charge >= 0.3 is 6.09 Å². The largest absolute Gasteiger partial charge is 0.453 e. The number of nitrogens with zero attached hydrogens (tertiary/aromatic N) is 6. The summed E-state index contributed by atoms with van der Waals surface area (Å²) < 4.78 is 6.34. The van der Waals surface area contributed by atoms with Crippen LogP contribution in [0.15, 0.2) is 55.0 Å². The number of carbonyl (C=O) groups is 2. The maximum atomic E-state index is 12.8. The van der Waals surface area contributed by atoms with Crippen LogP contribution in [0.3, 0.4) is 0 Å². The van der Waals surface area contributed by atoms with Crippen molar-refractivity contribution in [2.45, 2.75) is 5.92 Å². The summed E-state index contributed by atoms with van der Waals surface area (Å²) in [5, 5.41) is 16.3. The topological polar surface area (TPSA) is 107 Å². The van der Waals surface area contributed by atoms with Gasteiger partial charge in [0, 0.05) is 25.2 Å². The van der Waals surface area contributed by atoms with Crippen molar-refractivity contribution in [3.8, 4) is 5.69 Å². The first kappa shape index (κ1) is 20.0. The average Bonchev–Trinajstić information content (AvgIpc) is 3.41. The Hall–Kier alpha value is -3.92. The summed E-state index contributed by atoms with van der Waals surface area (Å²) in [5.74, 6) is -0.221. The Morgan fingerprint density at radius 2 is 2.00 bits per heavy atom. The van der Waals surface area contributed by atoms with Crippen molar-refractivity contribution in [1.82, 2.24) is 29.5 Å². The highest BCUT2D eigenvalue weighted by molar-refractivity contribution is 6.34. The Balaban J connectivity index is 1.34. The van der Waals surface area contributed by atoms with Crippen molar-refractivity contribution in [1.29, 1.82) is 0 Å². The number of anilines is 1. The first-order valence-electron chi connectivity index (χ1n) is 9.82. The van der Waals surface area contributed by atoms with Crippen molar-refractivity contribution in [2.75, 3.05) is 25.5 Å². The van der Waals surface area contributed by atoms with E-state index in [4.69, 9.17) is 16.3 Å². The summed E-state index contributed by atoms with van der Waals surface area (Å²) in [6.45, 7) is 1.07. The summed E-state index contributed by atoms with van der Waals surface area (Å²) in [6, 6.07) is 10.6. The number of halogens is 1. The second-order valence-electron chi connectivity index (χ2n) is 7.34. The molecule has 1 aliphatic rings. The number of benzene rings is 1. The number of hydrogen-bond acceptors (Lipinski definition) is 6. The van der Waals surface area contributed by atoms with E-state index in [0.29, 0.717) is 40.6 Å². The van der Waals surface area contributed by atoms with Crippen LogP contribution in [-0.2, 0) is 4.74 Å². The summed E-state index contributed by atoms with van der Waals surface area (Å²) in [4.78, 5) is 27.4. The predicted molar refractivity (Wildman–Crippen MR) is 116 cm³/mol. The third-order valence-electron chi connectivity index (χ3n) is 5.34. The minimum absolute atomic E-state index is 0.102. The number of likely N-dealkylation sites (tertiary alicyclic amines) is 1. The second-order valence-corrected chi connectivity index (χ2v) is 7.74. The lowest BCUT2D eigenvalue weighted by Gasteiger charge is -2.36. The smallest absolute Gasteiger partial charge is 0.409 e. The van der Waals surface area contributed by atoms with Gasteiger partial charge in [0.05, 0.1) is 52.7 Å². The first-order chi connectivity index (χ1) is 15.5. The summed E-state index contributed by atoms with van der Waals surface area (Å²) in [7, 11) is 1.36. The molecule has 0 unspecified atom stereocenters. The fraction of sp³-hybridized carbons (Fsp3) is 0.190. The molecule has 10 nitrogen and oxygen atoms in total. The van der Waals surface area contributed by atoms with E-state index < -0.39 is 0 Å². The van der Waals surface area contributed by atoms with Gasteiger partial charge in [-0.05, 0) is 30.3 Å². The number of aromatic nitrogens is 5. The molecule has 3 aromatic heterocycles. The van der Waals surface area contributed by atoms with E-state index >= 15 is 0 Å². The first-order valence-corrected chi connectivity index (χ1v) is 10.2. The number of carbonyl (C=O) groups excluding carboxylic acids is 2. The standard InChI is InChI=1S/C21H18ClN7O3/c1-32-21(31)27-11-13(12-27)18-10-24-29(26-18)14-5-6-16(22)17(8-14)25-20(30)15-9-23-28-7-3-2-4-19(15)28/h2-10,13H,11-12H2,1H3,(H,25,30). The van der Waals surface area contributed by atoms with Crippen LogP contribution >= 0.6 is 11.6 Å². The van der Waals surface area contributed by atoms with Gasteiger partial charge in [0.25, 0.3) is 5.91 Å². The van der Waals surface area contributed by atoms with Crippen LogP contribution in [0.4, 0.5) is 10.5 Å². The highest BCUT2D eigenvalue weighted by atomic mass is 35.5. The molecule has 1 N–H and O–H groups in total. The van der Waals surface area contributed by atoms with E-state index in [9.17, 15) is 9.59 Å². The minimum Gasteiger partial charge on any atom is -0.453 e. The monoisotopic (exact) mass is 451 g/mol. The molecule has 0 aliphatic carbocycles. The maximum absolute atomic E-state index is 12.8. The highest BCUT2D eigenvalue weighted by Crippen LogP contribution is 2.28. The Morgan fingerprint density at radius 1 is 1.16 bits per heavy atom. The third kappa shape index (κ3) is 3.54. The van der Waals surface area contributed by atoms with Gasteiger partial charge < -0.3 is 15.0 Å². The van der Waals surface area contributed by atoms with E-state index in [-0.39, 0.29) is 17.9 Å². The molecular weight excluding hydrogens is 434 g/mol. The normalized spacial score (nSPS) is 13.8. The molecule has 0 atom stereocenters. The lowest BCUT2D eigenvalue weighted by Crippen LogP contribution is -2.48. The number of hydrogen-bond donors (Lipinski definition) is 1. The molecule has 0 bridgehead atoms. The second kappa shape index (κ2) is 7.97. The van der Waals surface area contributed by atoms with Crippen molar-refractivity contribution < 1.29 is 14.3 Å². The fourth-order valence-electron chi connectivity index (χ4n) is 3.56. The number of rotatable bonds is 4. The number of methoxy groups -OCH3 is 1. The summed E-state index contributed by atoms with van der Waals surface area (Å²) in [5.41, 5.74) is 2.98. The van der Waals surface area contributed by atoms with Gasteiger partial charge in [-0.1, -0.05) is 17.7 Å². The molecule has 11 heteroatoms. The Bertz CT molecular complexity index is 1330. The minimum atomic E-state index is -0.349. The van der Waals surface area contributed by atoms with Gasteiger partial charge in [-0.2, -0.15) is 20.1 Å².